The maximum absolute atomic E-state index is 15.5. The van der Waals surface area contributed by atoms with Crippen LogP contribution in [0.15, 0.2) is 73.2 Å². The Morgan fingerprint density at radius 1 is 0.583 bits per heavy atom. The first kappa shape index (κ1) is 29.1. The minimum Gasteiger partial charge on any atom is -0.325 e. The number of aromatic nitrogens is 2. The van der Waals surface area contributed by atoms with Crippen LogP contribution in [0, 0.1) is 58.2 Å². The number of carbonyl (C=O) groups is 2. The lowest BCUT2D eigenvalue weighted by Crippen LogP contribution is -2.61. The molecule has 246 valence electrons. The second kappa shape index (κ2) is 10.9. The molecule has 8 aliphatic rings. The van der Waals surface area contributed by atoms with Crippen molar-refractivity contribution in [2.24, 2.45) is 58.2 Å². The highest BCUT2D eigenvalue weighted by atomic mass is 16.2. The highest BCUT2D eigenvalue weighted by molar-refractivity contribution is 6.07. The van der Waals surface area contributed by atoms with Gasteiger partial charge in [-0.1, -0.05) is 18.2 Å². The number of fused-ring (bicyclic) bond motifs is 2. The summed E-state index contributed by atoms with van der Waals surface area (Å²) in [4.78, 5) is 39.8. The summed E-state index contributed by atoms with van der Waals surface area (Å²) in [5.41, 5.74) is 2.24. The summed E-state index contributed by atoms with van der Waals surface area (Å²) in [5, 5.41) is 9.99. The smallest absolute Gasteiger partial charge is 0.228 e. The highest BCUT2D eigenvalue weighted by Gasteiger charge is 2.65. The van der Waals surface area contributed by atoms with Crippen LogP contribution in [0.25, 0.3) is 21.7 Å². The summed E-state index contributed by atoms with van der Waals surface area (Å²) in [7, 11) is 0. The predicted molar refractivity (Wildman–Crippen MR) is 189 cm³/mol. The van der Waals surface area contributed by atoms with E-state index in [0.29, 0.717) is 35.5 Å². The van der Waals surface area contributed by atoms with E-state index in [4.69, 9.17) is 0 Å². The molecule has 8 saturated carbocycles. The molecule has 4 aromatic rings. The van der Waals surface area contributed by atoms with Crippen molar-refractivity contribution in [3.8, 4) is 0 Å². The van der Waals surface area contributed by atoms with Crippen molar-refractivity contribution in [1.82, 2.24) is 9.97 Å². The second-order valence-corrected chi connectivity index (χ2v) is 17.3. The van der Waals surface area contributed by atoms with Crippen LogP contribution in [0.4, 0.5) is 11.4 Å². The number of anilines is 2. The van der Waals surface area contributed by atoms with Gasteiger partial charge in [0, 0.05) is 40.4 Å². The normalized spacial score (nSPS) is 35.5. The zero-order chi connectivity index (χ0) is 32.0. The Bertz CT molecular complexity index is 1710. The van der Waals surface area contributed by atoms with Gasteiger partial charge in [0.15, 0.2) is 0 Å². The number of carbonyl (C=O) groups excluding carboxylic acids is 2. The molecule has 2 N–H and O–H groups in total. The summed E-state index contributed by atoms with van der Waals surface area (Å²) in [6, 6.07) is 18.1. The lowest BCUT2D eigenvalue weighted by molar-refractivity contribution is -0.172. The van der Waals surface area contributed by atoms with Crippen LogP contribution >= 0.6 is 0 Å². The molecule has 2 aromatic heterocycles. The first-order valence-corrected chi connectivity index (χ1v) is 18.7. The Morgan fingerprint density at radius 3 is 1.62 bits per heavy atom. The molecular formula is C42H46N4O2. The summed E-state index contributed by atoms with van der Waals surface area (Å²) in [5.74, 6) is 3.47. The van der Waals surface area contributed by atoms with Gasteiger partial charge in [0.1, 0.15) is 0 Å². The van der Waals surface area contributed by atoms with Gasteiger partial charge in [-0.2, -0.15) is 0 Å². The lowest BCUT2D eigenvalue weighted by Gasteiger charge is -2.64. The summed E-state index contributed by atoms with van der Waals surface area (Å²) in [6.45, 7) is 0. The molecule has 6 nitrogen and oxygen atoms in total. The molecule has 8 aliphatic carbocycles. The van der Waals surface area contributed by atoms with Crippen molar-refractivity contribution in [2.75, 3.05) is 10.6 Å². The van der Waals surface area contributed by atoms with Crippen molar-refractivity contribution in [2.45, 2.75) is 77.0 Å². The Balaban J connectivity index is 1.12. The van der Waals surface area contributed by atoms with Crippen molar-refractivity contribution in [3.05, 3.63) is 73.2 Å². The fourth-order valence-corrected chi connectivity index (χ4v) is 13.5. The third-order valence-corrected chi connectivity index (χ3v) is 14.2. The van der Waals surface area contributed by atoms with E-state index >= 15 is 9.59 Å². The number of benzene rings is 2. The van der Waals surface area contributed by atoms with E-state index in [0.717, 1.165) is 71.6 Å². The molecular weight excluding hydrogens is 592 g/mol. The Morgan fingerprint density at radius 2 is 1.08 bits per heavy atom. The van der Waals surface area contributed by atoms with Crippen molar-refractivity contribution in [3.63, 3.8) is 0 Å². The van der Waals surface area contributed by atoms with Gasteiger partial charge in [0.05, 0.1) is 23.0 Å². The van der Waals surface area contributed by atoms with Crippen LogP contribution in [0.3, 0.4) is 0 Å². The van der Waals surface area contributed by atoms with Crippen LogP contribution in [-0.2, 0) is 9.59 Å². The standard InChI is InChI=1S/C42H46N4O2/c47-39(45-35-7-1-4-31-24-43-11-9-32(31)35)37(41-18-25-12-26(19-41)14-27(13-25)20-41)38(42-21-28-15-29(22-42)17-30(16-28)23-42)40(48)46-36-8-2-6-34-33(36)5-3-10-44-34/h1-11,24-30,37-38H,12-23H2,(H,45,47)(H,46,48). The summed E-state index contributed by atoms with van der Waals surface area (Å²) in [6.07, 6.45) is 19.8. The molecule has 8 fully saturated rings. The first-order chi connectivity index (χ1) is 23.4. The quantitative estimate of drug-likeness (QED) is 0.212. The third-order valence-electron chi connectivity index (χ3n) is 14.2. The Labute approximate surface area is 282 Å². The van der Waals surface area contributed by atoms with Gasteiger partial charge < -0.3 is 10.6 Å². The van der Waals surface area contributed by atoms with Gasteiger partial charge >= 0.3 is 0 Å². The molecule has 0 saturated heterocycles. The minimum absolute atomic E-state index is 0.0614. The van der Waals surface area contributed by atoms with E-state index in [1.54, 1.807) is 6.20 Å². The second-order valence-electron chi connectivity index (χ2n) is 17.3. The average Bonchev–Trinajstić information content (AvgIpc) is 3.06. The molecule has 0 spiro atoms. The molecule has 6 heteroatoms. The zero-order valence-corrected chi connectivity index (χ0v) is 27.7. The molecule has 2 aromatic carbocycles. The zero-order valence-electron chi connectivity index (χ0n) is 27.7. The predicted octanol–water partition coefficient (Wildman–Crippen LogP) is 9.03. The van der Waals surface area contributed by atoms with Crippen molar-refractivity contribution >= 4 is 44.9 Å². The monoisotopic (exact) mass is 638 g/mol. The number of nitrogens with one attached hydrogen (secondary N) is 2. The van der Waals surface area contributed by atoms with E-state index in [1.165, 1.54) is 38.5 Å². The lowest BCUT2D eigenvalue weighted by atomic mass is 9.40. The first-order valence-electron chi connectivity index (χ1n) is 18.7. The van der Waals surface area contributed by atoms with E-state index in [-0.39, 0.29) is 34.5 Å². The van der Waals surface area contributed by atoms with E-state index in [9.17, 15) is 0 Å². The number of nitrogens with zero attached hydrogens (tertiary/aromatic N) is 2. The highest BCUT2D eigenvalue weighted by Crippen LogP contribution is 2.69. The van der Waals surface area contributed by atoms with Crippen LogP contribution in [0.1, 0.15) is 77.0 Å². The molecule has 2 unspecified atom stereocenters. The molecule has 2 heterocycles. The minimum atomic E-state index is -0.370. The summed E-state index contributed by atoms with van der Waals surface area (Å²) < 4.78 is 0. The fourth-order valence-electron chi connectivity index (χ4n) is 13.5. The number of hydrogen-bond donors (Lipinski definition) is 2. The largest absolute Gasteiger partial charge is 0.325 e. The van der Waals surface area contributed by atoms with Gasteiger partial charge in [-0.3, -0.25) is 19.6 Å². The maximum Gasteiger partial charge on any atom is 0.228 e. The van der Waals surface area contributed by atoms with Crippen LogP contribution in [-0.4, -0.2) is 21.8 Å². The fraction of sp³-hybridized carbons (Fsp3) is 0.524. The molecule has 48 heavy (non-hydrogen) atoms. The van der Waals surface area contributed by atoms with E-state index in [1.807, 2.05) is 54.9 Å². The maximum atomic E-state index is 15.5. The molecule has 2 amide bonds. The SMILES string of the molecule is O=C(Nc1cccc2cnccc12)C(C(C(=O)Nc1cccc2ncccc12)C12CC3CC(CC(C3)C1)C2)C12CC3CC(CC(C3)C1)C2. The van der Waals surface area contributed by atoms with Gasteiger partial charge in [-0.25, -0.2) is 0 Å². The van der Waals surface area contributed by atoms with Crippen LogP contribution in [0.5, 0.6) is 0 Å². The third kappa shape index (κ3) is 4.64. The number of hydrogen-bond acceptors (Lipinski definition) is 4. The van der Waals surface area contributed by atoms with Crippen LogP contribution < -0.4 is 10.6 Å². The van der Waals surface area contributed by atoms with Gasteiger partial charge in [0.2, 0.25) is 11.8 Å². The Kier molecular flexibility index (Phi) is 6.59. The van der Waals surface area contributed by atoms with Gasteiger partial charge in [-0.05, 0) is 160 Å². The van der Waals surface area contributed by atoms with Crippen molar-refractivity contribution in [1.29, 1.82) is 0 Å². The molecule has 12 rings (SSSR count). The molecule has 0 aliphatic heterocycles. The molecule has 0 radical (unpaired) electrons. The molecule has 8 bridgehead atoms. The topological polar surface area (TPSA) is 84.0 Å². The Hall–Kier alpha value is -3.80. The van der Waals surface area contributed by atoms with E-state index < -0.39 is 0 Å². The number of pyridine rings is 2. The van der Waals surface area contributed by atoms with Crippen molar-refractivity contribution < 1.29 is 9.59 Å². The number of amides is 2. The summed E-state index contributed by atoms with van der Waals surface area (Å²) >= 11 is 0. The number of rotatable bonds is 7. The molecule has 2 atom stereocenters. The van der Waals surface area contributed by atoms with Gasteiger partial charge in [-0.15, -0.1) is 0 Å². The van der Waals surface area contributed by atoms with E-state index in [2.05, 4.69) is 32.7 Å². The average molecular weight is 639 g/mol. The van der Waals surface area contributed by atoms with Crippen LogP contribution in [0.2, 0.25) is 0 Å². The van der Waals surface area contributed by atoms with Gasteiger partial charge in [0.25, 0.3) is 0 Å².